The zero-order valence-electron chi connectivity index (χ0n) is 11.0. The number of aryl methyl sites for hydroxylation is 1. The van der Waals surface area contributed by atoms with Crippen molar-refractivity contribution in [2.24, 2.45) is 0 Å². The summed E-state index contributed by atoms with van der Waals surface area (Å²) in [6.45, 7) is 4.41. The molecule has 0 saturated heterocycles. The highest BCUT2D eigenvalue weighted by molar-refractivity contribution is 5.97. The Kier molecular flexibility index (Phi) is 3.79. The van der Waals surface area contributed by atoms with Crippen LogP contribution in [0, 0.1) is 0 Å². The first-order valence-electron chi connectivity index (χ1n) is 6.15. The Morgan fingerprint density at radius 1 is 1.53 bits per heavy atom. The number of carbonyl (C=O) groups excluding carboxylic acids is 1. The summed E-state index contributed by atoms with van der Waals surface area (Å²) in [7, 11) is 0. The second-order valence-corrected chi connectivity index (χ2v) is 4.25. The summed E-state index contributed by atoms with van der Waals surface area (Å²) < 4.78 is 1.58. The lowest BCUT2D eigenvalue weighted by Gasteiger charge is -2.14. The fraction of sp³-hybridized carbons (Fsp3) is 0.308. The van der Waals surface area contributed by atoms with Crippen LogP contribution in [0.4, 0.5) is 5.69 Å². The molecule has 0 aliphatic carbocycles. The van der Waals surface area contributed by atoms with E-state index in [1.54, 1.807) is 17.1 Å². The third-order valence-electron chi connectivity index (χ3n) is 2.91. The Balaban J connectivity index is 2.15. The molecule has 19 heavy (non-hydrogen) atoms. The van der Waals surface area contributed by atoms with Crippen molar-refractivity contribution in [3.63, 3.8) is 0 Å². The number of nitrogen functional groups attached to an aromatic ring is 1. The van der Waals surface area contributed by atoms with E-state index in [4.69, 9.17) is 5.73 Å². The highest BCUT2D eigenvalue weighted by atomic mass is 16.2. The number of aromatic nitrogens is 3. The highest BCUT2D eigenvalue weighted by Gasteiger charge is 2.18. The number of carbonyl (C=O) groups is 1. The van der Waals surface area contributed by atoms with Crippen molar-refractivity contribution < 1.29 is 4.79 Å². The second kappa shape index (κ2) is 5.51. The van der Waals surface area contributed by atoms with Gasteiger partial charge in [-0.1, -0.05) is 6.07 Å². The number of hydrogen-bond acceptors (Lipinski definition) is 4. The molecule has 0 spiro atoms. The van der Waals surface area contributed by atoms with Crippen LogP contribution in [0.25, 0.3) is 0 Å². The van der Waals surface area contributed by atoms with Crippen molar-refractivity contribution in [3.8, 4) is 0 Å². The number of nitrogens with one attached hydrogen (secondary N) is 1. The molecule has 6 nitrogen and oxygen atoms in total. The number of hydrogen-bond donors (Lipinski definition) is 2. The first-order valence-corrected chi connectivity index (χ1v) is 6.15. The van der Waals surface area contributed by atoms with Crippen molar-refractivity contribution >= 4 is 11.6 Å². The predicted octanol–water partition coefficient (Wildman–Crippen LogP) is 1.37. The Labute approximate surface area is 111 Å². The van der Waals surface area contributed by atoms with E-state index in [2.05, 4.69) is 15.4 Å². The van der Waals surface area contributed by atoms with E-state index >= 15 is 0 Å². The molecule has 0 radical (unpaired) electrons. The highest BCUT2D eigenvalue weighted by Crippen LogP contribution is 2.14. The SMILES string of the molecule is CCn1ncc(N)c1C(=O)NC(C)c1cccnc1. The molecule has 1 atom stereocenters. The number of amides is 1. The van der Waals surface area contributed by atoms with E-state index in [1.807, 2.05) is 26.0 Å². The Bertz CT molecular complexity index is 564. The summed E-state index contributed by atoms with van der Waals surface area (Å²) in [6.07, 6.45) is 4.92. The van der Waals surface area contributed by atoms with Gasteiger partial charge in [0.1, 0.15) is 5.69 Å². The van der Waals surface area contributed by atoms with Crippen molar-refractivity contribution in [3.05, 3.63) is 42.0 Å². The van der Waals surface area contributed by atoms with E-state index in [1.165, 1.54) is 6.20 Å². The minimum atomic E-state index is -0.229. The van der Waals surface area contributed by atoms with E-state index < -0.39 is 0 Å². The van der Waals surface area contributed by atoms with Gasteiger partial charge in [-0.3, -0.25) is 14.5 Å². The quantitative estimate of drug-likeness (QED) is 0.868. The van der Waals surface area contributed by atoms with Crippen LogP contribution >= 0.6 is 0 Å². The van der Waals surface area contributed by atoms with Gasteiger partial charge in [0.05, 0.1) is 17.9 Å². The fourth-order valence-corrected chi connectivity index (χ4v) is 1.87. The van der Waals surface area contributed by atoms with Gasteiger partial charge in [0.25, 0.3) is 5.91 Å². The minimum absolute atomic E-state index is 0.138. The Hall–Kier alpha value is -2.37. The van der Waals surface area contributed by atoms with E-state index in [0.29, 0.717) is 17.9 Å². The monoisotopic (exact) mass is 259 g/mol. The van der Waals surface area contributed by atoms with Crippen LogP contribution in [-0.2, 0) is 6.54 Å². The minimum Gasteiger partial charge on any atom is -0.396 e. The molecule has 100 valence electrons. The first-order chi connectivity index (χ1) is 9.13. The average molecular weight is 259 g/mol. The van der Waals surface area contributed by atoms with Crippen LogP contribution < -0.4 is 11.1 Å². The molecule has 1 unspecified atom stereocenters. The summed E-state index contributed by atoms with van der Waals surface area (Å²) in [6, 6.07) is 3.61. The third kappa shape index (κ3) is 2.73. The average Bonchev–Trinajstić information content (AvgIpc) is 2.80. The number of rotatable bonds is 4. The van der Waals surface area contributed by atoms with Crippen LogP contribution in [0.15, 0.2) is 30.7 Å². The summed E-state index contributed by atoms with van der Waals surface area (Å²) in [5, 5.41) is 6.95. The van der Waals surface area contributed by atoms with Crippen molar-refractivity contribution in [2.45, 2.75) is 26.4 Å². The Morgan fingerprint density at radius 2 is 2.32 bits per heavy atom. The van der Waals surface area contributed by atoms with Crippen LogP contribution in [-0.4, -0.2) is 20.7 Å². The molecular weight excluding hydrogens is 242 g/mol. The van der Waals surface area contributed by atoms with Crippen molar-refractivity contribution in [2.75, 3.05) is 5.73 Å². The zero-order valence-corrected chi connectivity index (χ0v) is 11.0. The molecule has 2 aromatic rings. The summed E-state index contributed by atoms with van der Waals surface area (Å²) >= 11 is 0. The second-order valence-electron chi connectivity index (χ2n) is 4.25. The molecule has 0 bridgehead atoms. The fourth-order valence-electron chi connectivity index (χ4n) is 1.87. The zero-order chi connectivity index (χ0) is 13.8. The van der Waals surface area contributed by atoms with Crippen LogP contribution in [0.1, 0.15) is 35.9 Å². The van der Waals surface area contributed by atoms with Gasteiger partial charge in [-0.15, -0.1) is 0 Å². The largest absolute Gasteiger partial charge is 0.396 e. The molecule has 0 aromatic carbocycles. The van der Waals surface area contributed by atoms with E-state index in [0.717, 1.165) is 5.56 Å². The van der Waals surface area contributed by atoms with Gasteiger partial charge in [0.2, 0.25) is 0 Å². The lowest BCUT2D eigenvalue weighted by molar-refractivity contribution is 0.0930. The molecule has 2 aromatic heterocycles. The third-order valence-corrected chi connectivity index (χ3v) is 2.91. The summed E-state index contributed by atoms with van der Waals surface area (Å²) in [5.41, 5.74) is 7.51. The molecule has 2 heterocycles. The van der Waals surface area contributed by atoms with Crippen LogP contribution in [0.2, 0.25) is 0 Å². The number of pyridine rings is 1. The number of nitrogens with two attached hydrogens (primary N) is 1. The molecule has 3 N–H and O–H groups in total. The smallest absolute Gasteiger partial charge is 0.272 e. The standard InChI is InChI=1S/C13H17N5O/c1-3-18-12(11(14)8-16-18)13(19)17-9(2)10-5-4-6-15-7-10/h4-9H,3,14H2,1-2H3,(H,17,19). The van der Waals surface area contributed by atoms with Gasteiger partial charge in [-0.25, -0.2) is 0 Å². The van der Waals surface area contributed by atoms with E-state index in [-0.39, 0.29) is 11.9 Å². The van der Waals surface area contributed by atoms with Gasteiger partial charge in [0, 0.05) is 18.9 Å². The van der Waals surface area contributed by atoms with Crippen LogP contribution in [0.5, 0.6) is 0 Å². The summed E-state index contributed by atoms with van der Waals surface area (Å²) in [4.78, 5) is 16.3. The van der Waals surface area contributed by atoms with Gasteiger partial charge in [-0.2, -0.15) is 5.10 Å². The van der Waals surface area contributed by atoms with Gasteiger partial charge in [-0.05, 0) is 25.5 Å². The molecule has 6 heteroatoms. The molecule has 2 rings (SSSR count). The number of nitrogens with zero attached hydrogens (tertiary/aromatic N) is 3. The molecular formula is C13H17N5O. The maximum atomic E-state index is 12.2. The van der Waals surface area contributed by atoms with Gasteiger partial charge in [0.15, 0.2) is 0 Å². The maximum absolute atomic E-state index is 12.2. The normalized spacial score (nSPS) is 12.1. The van der Waals surface area contributed by atoms with Crippen molar-refractivity contribution in [1.29, 1.82) is 0 Å². The van der Waals surface area contributed by atoms with Gasteiger partial charge < -0.3 is 11.1 Å². The summed E-state index contributed by atoms with van der Waals surface area (Å²) in [5.74, 6) is -0.229. The maximum Gasteiger partial charge on any atom is 0.272 e. The number of anilines is 1. The molecule has 0 aliphatic heterocycles. The lowest BCUT2D eigenvalue weighted by Crippen LogP contribution is -2.29. The first kappa shape index (κ1) is 13.1. The topological polar surface area (TPSA) is 85.8 Å². The molecule has 1 amide bonds. The lowest BCUT2D eigenvalue weighted by atomic mass is 10.1. The van der Waals surface area contributed by atoms with Gasteiger partial charge >= 0.3 is 0 Å². The molecule has 0 saturated carbocycles. The van der Waals surface area contributed by atoms with Crippen molar-refractivity contribution in [1.82, 2.24) is 20.1 Å². The van der Waals surface area contributed by atoms with E-state index in [9.17, 15) is 4.79 Å². The molecule has 0 fully saturated rings. The van der Waals surface area contributed by atoms with Crippen LogP contribution in [0.3, 0.4) is 0 Å². The predicted molar refractivity (Wildman–Crippen MR) is 72.4 cm³/mol. The molecule has 0 aliphatic rings. The Morgan fingerprint density at radius 3 is 2.95 bits per heavy atom.